The number of esters is 1. The number of hydrogen-bond donors (Lipinski definition) is 1. The summed E-state index contributed by atoms with van der Waals surface area (Å²) in [5.74, 6) is -0.354. The summed E-state index contributed by atoms with van der Waals surface area (Å²) in [6.45, 7) is 0. The van der Waals surface area contributed by atoms with Crippen LogP contribution in [0.3, 0.4) is 0 Å². The van der Waals surface area contributed by atoms with Crippen LogP contribution in [0.25, 0.3) is 11.1 Å². The maximum absolute atomic E-state index is 11.5. The summed E-state index contributed by atoms with van der Waals surface area (Å²) >= 11 is 5.93. The van der Waals surface area contributed by atoms with E-state index in [1.54, 1.807) is 36.4 Å². The number of phenolic OH excluding ortho intramolecular Hbond substituents is 1. The fourth-order valence-corrected chi connectivity index (χ4v) is 1.87. The molecule has 0 aliphatic rings. The van der Waals surface area contributed by atoms with Crippen molar-refractivity contribution in [1.82, 2.24) is 0 Å². The van der Waals surface area contributed by atoms with E-state index in [1.165, 1.54) is 7.11 Å². The molecule has 0 aromatic heterocycles. The van der Waals surface area contributed by atoms with Gasteiger partial charge in [0, 0.05) is 5.56 Å². The summed E-state index contributed by atoms with van der Waals surface area (Å²) in [5, 5.41) is 10.1. The average Bonchev–Trinajstić information content (AvgIpc) is 2.39. The molecule has 0 fully saturated rings. The predicted octanol–water partition coefficient (Wildman–Crippen LogP) is 3.50. The van der Waals surface area contributed by atoms with Crippen molar-refractivity contribution in [1.29, 1.82) is 0 Å². The van der Waals surface area contributed by atoms with Gasteiger partial charge < -0.3 is 9.84 Å². The zero-order chi connectivity index (χ0) is 13.1. The number of ether oxygens (including phenoxy) is 1. The van der Waals surface area contributed by atoms with E-state index in [-0.39, 0.29) is 11.3 Å². The number of para-hydroxylation sites is 1. The molecule has 92 valence electrons. The van der Waals surface area contributed by atoms with E-state index in [4.69, 9.17) is 11.6 Å². The first-order chi connectivity index (χ1) is 8.63. The predicted molar refractivity (Wildman–Crippen MR) is 69.9 cm³/mol. The Balaban J connectivity index is 2.54. The van der Waals surface area contributed by atoms with Crippen LogP contribution in [0.15, 0.2) is 42.5 Å². The van der Waals surface area contributed by atoms with Gasteiger partial charge in [-0.2, -0.15) is 0 Å². The highest BCUT2D eigenvalue weighted by Crippen LogP contribution is 2.31. The van der Waals surface area contributed by atoms with Crippen LogP contribution < -0.4 is 0 Å². The molecule has 0 heterocycles. The third kappa shape index (κ3) is 2.31. The number of benzene rings is 2. The summed E-state index contributed by atoms with van der Waals surface area (Å²) < 4.78 is 4.65. The van der Waals surface area contributed by atoms with Crippen LogP contribution >= 0.6 is 11.6 Å². The van der Waals surface area contributed by atoms with Crippen molar-refractivity contribution in [2.75, 3.05) is 7.11 Å². The highest BCUT2D eigenvalue weighted by Gasteiger charge is 2.13. The highest BCUT2D eigenvalue weighted by atomic mass is 35.5. The van der Waals surface area contributed by atoms with Gasteiger partial charge in [-0.3, -0.25) is 0 Å². The SMILES string of the molecule is COC(=O)c1cc(-c2ccccc2O)ccc1Cl. The molecule has 0 aliphatic carbocycles. The molecule has 0 saturated carbocycles. The summed E-state index contributed by atoms with van der Waals surface area (Å²) in [4.78, 5) is 11.5. The molecule has 0 aliphatic heterocycles. The average molecular weight is 263 g/mol. The lowest BCUT2D eigenvalue weighted by Crippen LogP contribution is -2.02. The summed E-state index contributed by atoms with van der Waals surface area (Å²) in [7, 11) is 1.30. The second-order valence-corrected chi connectivity index (χ2v) is 4.11. The number of phenols is 1. The highest BCUT2D eigenvalue weighted by molar-refractivity contribution is 6.33. The Hall–Kier alpha value is -2.00. The van der Waals surface area contributed by atoms with Gasteiger partial charge in [0.1, 0.15) is 5.75 Å². The zero-order valence-electron chi connectivity index (χ0n) is 9.68. The van der Waals surface area contributed by atoms with Crippen LogP contribution in [-0.4, -0.2) is 18.2 Å². The van der Waals surface area contributed by atoms with Gasteiger partial charge in [0.15, 0.2) is 0 Å². The molecule has 2 aromatic rings. The Morgan fingerprint density at radius 1 is 1.22 bits per heavy atom. The van der Waals surface area contributed by atoms with Gasteiger partial charge in [0.2, 0.25) is 0 Å². The Bertz CT molecular complexity index is 593. The fraction of sp³-hybridized carbons (Fsp3) is 0.0714. The van der Waals surface area contributed by atoms with E-state index in [1.807, 2.05) is 6.07 Å². The Morgan fingerprint density at radius 3 is 2.61 bits per heavy atom. The van der Waals surface area contributed by atoms with Crippen molar-refractivity contribution >= 4 is 17.6 Å². The first kappa shape index (κ1) is 12.5. The zero-order valence-corrected chi connectivity index (χ0v) is 10.4. The first-order valence-corrected chi connectivity index (χ1v) is 5.67. The van der Waals surface area contributed by atoms with E-state index in [0.717, 1.165) is 0 Å². The Kier molecular flexibility index (Phi) is 3.53. The third-order valence-corrected chi connectivity index (χ3v) is 2.92. The second-order valence-electron chi connectivity index (χ2n) is 3.70. The van der Waals surface area contributed by atoms with Crippen LogP contribution in [0.1, 0.15) is 10.4 Å². The maximum Gasteiger partial charge on any atom is 0.339 e. The Labute approximate surface area is 110 Å². The van der Waals surface area contributed by atoms with Crippen molar-refractivity contribution in [3.63, 3.8) is 0 Å². The lowest BCUT2D eigenvalue weighted by molar-refractivity contribution is 0.0601. The molecule has 0 bridgehead atoms. The molecule has 0 saturated heterocycles. The number of methoxy groups -OCH3 is 1. The molecule has 0 amide bonds. The molecule has 0 unspecified atom stereocenters. The topological polar surface area (TPSA) is 46.5 Å². The van der Waals surface area contributed by atoms with E-state index in [9.17, 15) is 9.90 Å². The van der Waals surface area contributed by atoms with Crippen molar-refractivity contribution in [2.45, 2.75) is 0 Å². The monoisotopic (exact) mass is 262 g/mol. The van der Waals surface area contributed by atoms with Crippen molar-refractivity contribution in [3.8, 4) is 16.9 Å². The molecule has 0 spiro atoms. The summed E-state index contributed by atoms with van der Waals surface area (Å²) in [6.07, 6.45) is 0. The molecule has 2 aromatic carbocycles. The van der Waals surface area contributed by atoms with E-state index in [2.05, 4.69) is 4.74 Å². The summed E-state index contributed by atoms with van der Waals surface area (Å²) in [5.41, 5.74) is 1.62. The standard InChI is InChI=1S/C14H11ClO3/c1-18-14(17)11-8-9(6-7-12(11)15)10-4-2-3-5-13(10)16/h2-8,16H,1H3. The molecule has 3 nitrogen and oxygen atoms in total. The molecule has 0 atom stereocenters. The number of carbonyl (C=O) groups excluding carboxylic acids is 1. The fourth-order valence-electron chi connectivity index (χ4n) is 1.68. The van der Waals surface area contributed by atoms with Crippen molar-refractivity contribution in [2.24, 2.45) is 0 Å². The van der Waals surface area contributed by atoms with Crippen LogP contribution in [0.5, 0.6) is 5.75 Å². The smallest absolute Gasteiger partial charge is 0.339 e. The molecule has 2 rings (SSSR count). The lowest BCUT2D eigenvalue weighted by atomic mass is 10.0. The van der Waals surface area contributed by atoms with E-state index >= 15 is 0 Å². The normalized spacial score (nSPS) is 10.1. The summed E-state index contributed by atoms with van der Waals surface area (Å²) in [6, 6.07) is 11.8. The number of hydrogen-bond acceptors (Lipinski definition) is 3. The van der Waals surface area contributed by atoms with E-state index < -0.39 is 5.97 Å². The third-order valence-electron chi connectivity index (χ3n) is 2.59. The van der Waals surface area contributed by atoms with Crippen LogP contribution in [0.2, 0.25) is 5.02 Å². The minimum atomic E-state index is -0.503. The number of aromatic hydroxyl groups is 1. The van der Waals surface area contributed by atoms with Crippen molar-refractivity contribution in [3.05, 3.63) is 53.1 Å². The maximum atomic E-state index is 11.5. The molecule has 18 heavy (non-hydrogen) atoms. The van der Waals surface area contributed by atoms with Gasteiger partial charge >= 0.3 is 5.97 Å². The first-order valence-electron chi connectivity index (χ1n) is 5.29. The minimum Gasteiger partial charge on any atom is -0.507 e. The van der Waals surface area contributed by atoms with Crippen LogP contribution in [0.4, 0.5) is 0 Å². The largest absolute Gasteiger partial charge is 0.507 e. The van der Waals surface area contributed by atoms with Crippen LogP contribution in [0, 0.1) is 0 Å². The van der Waals surface area contributed by atoms with E-state index in [0.29, 0.717) is 16.1 Å². The number of rotatable bonds is 2. The minimum absolute atomic E-state index is 0.149. The molecule has 0 radical (unpaired) electrons. The van der Waals surface area contributed by atoms with Crippen molar-refractivity contribution < 1.29 is 14.6 Å². The van der Waals surface area contributed by atoms with Gasteiger partial charge in [0.25, 0.3) is 0 Å². The van der Waals surface area contributed by atoms with Crippen LogP contribution in [-0.2, 0) is 4.74 Å². The van der Waals surface area contributed by atoms with Gasteiger partial charge in [-0.15, -0.1) is 0 Å². The quantitative estimate of drug-likeness (QED) is 0.843. The number of halogens is 1. The Morgan fingerprint density at radius 2 is 1.94 bits per heavy atom. The molecule has 1 N–H and O–H groups in total. The molecular weight excluding hydrogens is 252 g/mol. The van der Waals surface area contributed by atoms with Gasteiger partial charge in [-0.05, 0) is 23.8 Å². The second kappa shape index (κ2) is 5.10. The molecule has 4 heteroatoms. The van der Waals surface area contributed by atoms with Gasteiger partial charge in [-0.1, -0.05) is 35.9 Å². The lowest BCUT2D eigenvalue weighted by Gasteiger charge is -2.07. The van der Waals surface area contributed by atoms with Gasteiger partial charge in [-0.25, -0.2) is 4.79 Å². The number of carbonyl (C=O) groups is 1. The molecular formula is C14H11ClO3. The van der Waals surface area contributed by atoms with Gasteiger partial charge in [0.05, 0.1) is 17.7 Å².